The van der Waals surface area contributed by atoms with Crippen LogP contribution in [0.15, 0.2) is 23.8 Å². The number of rotatable bonds is 4. The van der Waals surface area contributed by atoms with Crippen LogP contribution in [0.3, 0.4) is 0 Å². The highest BCUT2D eigenvalue weighted by Crippen LogP contribution is 2.26. The first-order valence-corrected chi connectivity index (χ1v) is 8.12. The SMILES string of the molecule is CC.CC.CNCC(C)Cc1ccc2c(c1)C=C(C)C2. The van der Waals surface area contributed by atoms with E-state index in [0.29, 0.717) is 5.92 Å². The zero-order valence-corrected chi connectivity index (χ0v) is 14.5. The molecular formula is C19H33N. The van der Waals surface area contributed by atoms with Gasteiger partial charge < -0.3 is 5.32 Å². The number of fused-ring (bicyclic) bond motifs is 1. The van der Waals surface area contributed by atoms with E-state index in [0.717, 1.165) is 13.0 Å². The molecular weight excluding hydrogens is 242 g/mol. The summed E-state index contributed by atoms with van der Waals surface area (Å²) in [6.45, 7) is 13.6. The van der Waals surface area contributed by atoms with Crippen LogP contribution in [-0.4, -0.2) is 13.6 Å². The lowest BCUT2D eigenvalue weighted by atomic mass is 9.98. The summed E-state index contributed by atoms with van der Waals surface area (Å²) >= 11 is 0. The Kier molecular flexibility index (Phi) is 10.1. The van der Waals surface area contributed by atoms with E-state index in [1.165, 1.54) is 28.7 Å². The Hall–Kier alpha value is -1.08. The predicted molar refractivity (Wildman–Crippen MR) is 93.3 cm³/mol. The van der Waals surface area contributed by atoms with Crippen LogP contribution in [0.2, 0.25) is 0 Å². The Morgan fingerprint density at radius 1 is 1.15 bits per heavy atom. The molecule has 0 radical (unpaired) electrons. The summed E-state index contributed by atoms with van der Waals surface area (Å²) in [5.41, 5.74) is 5.87. The molecule has 1 N–H and O–H groups in total. The normalized spacial score (nSPS) is 13.2. The lowest BCUT2D eigenvalue weighted by Gasteiger charge is -2.11. The Labute approximate surface area is 126 Å². The lowest BCUT2D eigenvalue weighted by Crippen LogP contribution is -2.17. The molecule has 0 heterocycles. The number of hydrogen-bond acceptors (Lipinski definition) is 1. The van der Waals surface area contributed by atoms with Crippen molar-refractivity contribution in [2.45, 2.75) is 54.4 Å². The van der Waals surface area contributed by atoms with E-state index in [4.69, 9.17) is 0 Å². The van der Waals surface area contributed by atoms with Gasteiger partial charge in [0, 0.05) is 0 Å². The van der Waals surface area contributed by atoms with Gasteiger partial charge in [-0.05, 0) is 56.0 Å². The quantitative estimate of drug-likeness (QED) is 0.806. The van der Waals surface area contributed by atoms with Gasteiger partial charge in [-0.3, -0.25) is 0 Å². The van der Waals surface area contributed by atoms with Gasteiger partial charge in [0.1, 0.15) is 0 Å². The minimum Gasteiger partial charge on any atom is -0.319 e. The molecule has 1 nitrogen and oxygen atoms in total. The second kappa shape index (κ2) is 10.7. The van der Waals surface area contributed by atoms with Crippen LogP contribution in [0, 0.1) is 5.92 Å². The zero-order chi connectivity index (χ0) is 15.5. The number of hydrogen-bond donors (Lipinski definition) is 1. The largest absolute Gasteiger partial charge is 0.319 e. The first-order chi connectivity index (χ1) is 9.69. The van der Waals surface area contributed by atoms with Crippen molar-refractivity contribution in [1.82, 2.24) is 5.32 Å². The summed E-state index contributed by atoms with van der Waals surface area (Å²) in [5.74, 6) is 0.703. The molecule has 0 aliphatic heterocycles. The first-order valence-electron chi connectivity index (χ1n) is 8.12. The fraction of sp³-hybridized carbons (Fsp3) is 0.579. The van der Waals surface area contributed by atoms with Crippen molar-refractivity contribution in [3.63, 3.8) is 0 Å². The van der Waals surface area contributed by atoms with Crippen molar-refractivity contribution in [1.29, 1.82) is 0 Å². The second-order valence-electron chi connectivity index (χ2n) is 5.07. The van der Waals surface area contributed by atoms with E-state index in [9.17, 15) is 0 Å². The van der Waals surface area contributed by atoms with Crippen LogP contribution >= 0.6 is 0 Å². The molecule has 1 heteroatoms. The molecule has 0 saturated heterocycles. The number of nitrogens with one attached hydrogen (secondary N) is 1. The van der Waals surface area contributed by atoms with E-state index in [-0.39, 0.29) is 0 Å². The van der Waals surface area contributed by atoms with E-state index >= 15 is 0 Å². The van der Waals surface area contributed by atoms with Crippen LogP contribution < -0.4 is 5.32 Å². The minimum absolute atomic E-state index is 0.703. The van der Waals surface area contributed by atoms with Gasteiger partial charge in [-0.1, -0.05) is 64.5 Å². The summed E-state index contributed by atoms with van der Waals surface area (Å²) in [6, 6.07) is 6.94. The van der Waals surface area contributed by atoms with Gasteiger partial charge in [0.05, 0.1) is 0 Å². The second-order valence-corrected chi connectivity index (χ2v) is 5.07. The van der Waals surface area contributed by atoms with Crippen LogP contribution in [-0.2, 0) is 12.8 Å². The summed E-state index contributed by atoms with van der Waals surface area (Å²) < 4.78 is 0. The van der Waals surface area contributed by atoms with E-state index in [2.05, 4.69) is 43.4 Å². The molecule has 0 fully saturated rings. The van der Waals surface area contributed by atoms with Gasteiger partial charge >= 0.3 is 0 Å². The van der Waals surface area contributed by atoms with Crippen LogP contribution in [0.4, 0.5) is 0 Å². The molecule has 0 bridgehead atoms. The molecule has 1 aromatic rings. The molecule has 20 heavy (non-hydrogen) atoms. The fourth-order valence-electron chi connectivity index (χ4n) is 2.51. The van der Waals surface area contributed by atoms with Gasteiger partial charge in [0.25, 0.3) is 0 Å². The first kappa shape index (κ1) is 18.9. The van der Waals surface area contributed by atoms with Gasteiger partial charge in [0.15, 0.2) is 0 Å². The third-order valence-electron chi connectivity index (χ3n) is 3.22. The van der Waals surface area contributed by atoms with E-state index in [1.807, 2.05) is 34.7 Å². The highest BCUT2D eigenvalue weighted by atomic mass is 14.8. The molecule has 0 aromatic heterocycles. The molecule has 2 rings (SSSR count). The smallest absolute Gasteiger partial charge is 0.00230 e. The van der Waals surface area contributed by atoms with Crippen molar-refractivity contribution in [2.75, 3.05) is 13.6 Å². The number of benzene rings is 1. The van der Waals surface area contributed by atoms with Crippen LogP contribution in [0.1, 0.15) is 58.2 Å². The fourth-order valence-corrected chi connectivity index (χ4v) is 2.51. The van der Waals surface area contributed by atoms with Gasteiger partial charge in [-0.25, -0.2) is 0 Å². The van der Waals surface area contributed by atoms with E-state index in [1.54, 1.807) is 0 Å². The summed E-state index contributed by atoms with van der Waals surface area (Å²) in [4.78, 5) is 0. The molecule has 0 saturated carbocycles. The maximum Gasteiger partial charge on any atom is -0.00230 e. The standard InChI is InChI=1S/C15H21N.2C2H6/c1-11-7-14-5-4-13(9-15(14)8-11)6-12(2)10-16-3;2*1-2/h4-5,8-9,12,16H,6-7,10H2,1-3H3;2*1-2H3. The maximum atomic E-state index is 3.24. The van der Waals surface area contributed by atoms with Gasteiger partial charge in [0.2, 0.25) is 0 Å². The highest BCUT2D eigenvalue weighted by molar-refractivity contribution is 5.63. The molecule has 1 unspecified atom stereocenters. The van der Waals surface area contributed by atoms with Crippen molar-refractivity contribution >= 4 is 6.08 Å². The average molecular weight is 275 g/mol. The summed E-state index contributed by atoms with van der Waals surface area (Å²) in [5, 5.41) is 3.24. The minimum atomic E-state index is 0.703. The Bertz CT molecular complexity index is 404. The van der Waals surface area contributed by atoms with Crippen molar-refractivity contribution in [3.05, 3.63) is 40.5 Å². The highest BCUT2D eigenvalue weighted by Gasteiger charge is 2.10. The van der Waals surface area contributed by atoms with Gasteiger partial charge in [-0.2, -0.15) is 0 Å². The Morgan fingerprint density at radius 3 is 2.40 bits per heavy atom. The maximum absolute atomic E-state index is 3.24. The van der Waals surface area contributed by atoms with Crippen LogP contribution in [0.25, 0.3) is 6.08 Å². The Morgan fingerprint density at radius 2 is 1.80 bits per heavy atom. The van der Waals surface area contributed by atoms with Crippen molar-refractivity contribution in [3.8, 4) is 0 Å². The molecule has 114 valence electrons. The summed E-state index contributed by atoms with van der Waals surface area (Å²) in [6.07, 6.45) is 4.63. The number of allylic oxidation sites excluding steroid dienone is 1. The van der Waals surface area contributed by atoms with Crippen molar-refractivity contribution in [2.24, 2.45) is 5.92 Å². The molecule has 1 aliphatic carbocycles. The molecule has 1 atom stereocenters. The topological polar surface area (TPSA) is 12.0 Å². The van der Waals surface area contributed by atoms with Gasteiger partial charge in [-0.15, -0.1) is 0 Å². The molecule has 1 aliphatic rings. The monoisotopic (exact) mass is 275 g/mol. The molecule has 0 amide bonds. The zero-order valence-electron chi connectivity index (χ0n) is 14.5. The molecule has 1 aromatic carbocycles. The van der Waals surface area contributed by atoms with Crippen molar-refractivity contribution < 1.29 is 0 Å². The molecule has 0 spiro atoms. The summed E-state index contributed by atoms with van der Waals surface area (Å²) in [7, 11) is 2.02. The third-order valence-corrected chi connectivity index (χ3v) is 3.22. The third kappa shape index (κ3) is 5.92. The van der Waals surface area contributed by atoms with Crippen LogP contribution in [0.5, 0.6) is 0 Å². The average Bonchev–Trinajstić information content (AvgIpc) is 2.83. The predicted octanol–water partition coefficient (Wildman–Crippen LogP) is 5.10. The van der Waals surface area contributed by atoms with E-state index < -0.39 is 0 Å². The lowest BCUT2D eigenvalue weighted by molar-refractivity contribution is 0.542. The Balaban J connectivity index is 0.000000829.